The van der Waals surface area contributed by atoms with Crippen LogP contribution in [0, 0.1) is 0 Å². The van der Waals surface area contributed by atoms with Gasteiger partial charge in [0.2, 0.25) is 21.7 Å². The van der Waals surface area contributed by atoms with E-state index >= 15 is 0 Å². The minimum atomic E-state index is -3.83. The lowest BCUT2D eigenvalue weighted by Crippen LogP contribution is -2.33. The van der Waals surface area contributed by atoms with Crippen LogP contribution in [-0.2, 0) is 34.7 Å². The van der Waals surface area contributed by atoms with Gasteiger partial charge in [0, 0.05) is 23.9 Å². The van der Waals surface area contributed by atoms with Crippen molar-refractivity contribution >= 4 is 37.7 Å². The number of benzene rings is 1. The number of halogens is 1. The lowest BCUT2D eigenvalue weighted by Gasteiger charge is -2.24. The van der Waals surface area contributed by atoms with E-state index in [-0.39, 0.29) is 5.75 Å². The van der Waals surface area contributed by atoms with Gasteiger partial charge in [-0.05, 0) is 25.5 Å². The summed E-state index contributed by atoms with van der Waals surface area (Å²) in [6, 6.07) is 4.71. The summed E-state index contributed by atoms with van der Waals surface area (Å²) in [5, 5.41) is 0.477. The maximum absolute atomic E-state index is 13.1. The first kappa shape index (κ1) is 23.0. The van der Waals surface area contributed by atoms with Crippen molar-refractivity contribution in [2.24, 2.45) is 0 Å². The second-order valence-electron chi connectivity index (χ2n) is 6.28. The molecular formula is C18H22BrNO8S. The molecule has 1 aliphatic rings. The Bertz CT molecular complexity index is 921. The van der Waals surface area contributed by atoms with Crippen LogP contribution in [0.15, 0.2) is 29.8 Å². The van der Waals surface area contributed by atoms with Gasteiger partial charge in [-0.15, -0.1) is 0 Å². The van der Waals surface area contributed by atoms with E-state index in [0.29, 0.717) is 28.8 Å². The molecule has 0 aromatic heterocycles. The molecule has 9 nitrogen and oxygen atoms in total. The fourth-order valence-corrected chi connectivity index (χ4v) is 4.32. The van der Waals surface area contributed by atoms with E-state index in [9.17, 15) is 18.0 Å². The van der Waals surface area contributed by atoms with Gasteiger partial charge in [0.1, 0.15) is 11.5 Å². The molecule has 1 atom stereocenters. The van der Waals surface area contributed by atoms with Gasteiger partial charge in [0.25, 0.3) is 5.78 Å². The molecule has 0 spiro atoms. The number of hydrogen-bond acceptors (Lipinski definition) is 8. The summed E-state index contributed by atoms with van der Waals surface area (Å²) in [7, 11) is -0.936. The molecule has 0 amide bonds. The number of hydrogen-bond donors (Lipinski definition) is 1. The first-order chi connectivity index (χ1) is 13.6. The van der Waals surface area contributed by atoms with E-state index in [2.05, 4.69) is 20.7 Å². The maximum Gasteiger partial charge on any atom is 0.308 e. The summed E-state index contributed by atoms with van der Waals surface area (Å²) < 4.78 is 47.9. The van der Waals surface area contributed by atoms with Gasteiger partial charge in [-0.3, -0.25) is 14.3 Å². The van der Waals surface area contributed by atoms with E-state index in [4.69, 9.17) is 18.9 Å². The number of nitrogens with one attached hydrogen (secondary N) is 1. The number of methoxy groups -OCH3 is 2. The zero-order valence-corrected chi connectivity index (χ0v) is 18.8. The number of ether oxygens (including phenoxy) is 4. The molecule has 1 aromatic carbocycles. The molecule has 1 heterocycles. The number of rotatable bonds is 9. The van der Waals surface area contributed by atoms with Gasteiger partial charge in [0.15, 0.2) is 5.60 Å². The third-order valence-corrected chi connectivity index (χ3v) is 5.98. The Balaban J connectivity index is 2.48. The van der Waals surface area contributed by atoms with Crippen LogP contribution in [0.25, 0.3) is 0 Å². The summed E-state index contributed by atoms with van der Waals surface area (Å²) in [5.74, 6) is -1.87. The number of carbonyl (C=O) groups is 2. The molecule has 1 aliphatic heterocycles. The van der Waals surface area contributed by atoms with Crippen LogP contribution >= 0.6 is 15.9 Å². The Morgan fingerprint density at radius 2 is 1.79 bits per heavy atom. The average molecular weight is 492 g/mol. The topological polar surface area (TPSA) is 117 Å². The Labute approximate surface area is 177 Å². The Morgan fingerprint density at radius 1 is 1.21 bits per heavy atom. The fourth-order valence-electron chi connectivity index (χ4n) is 2.63. The minimum Gasteiger partial charge on any atom is -0.497 e. The third-order valence-electron chi connectivity index (χ3n) is 4.09. The predicted molar refractivity (Wildman–Crippen MR) is 107 cm³/mol. The molecular weight excluding hydrogens is 470 g/mol. The summed E-state index contributed by atoms with van der Waals surface area (Å²) in [5.41, 5.74) is -1.34. The highest BCUT2D eigenvalue weighted by Gasteiger charge is 2.50. The van der Waals surface area contributed by atoms with E-state index in [1.165, 1.54) is 21.1 Å². The molecule has 11 heteroatoms. The molecule has 29 heavy (non-hydrogen) atoms. The summed E-state index contributed by atoms with van der Waals surface area (Å²) in [6.07, 6.45) is 0.337. The van der Waals surface area contributed by atoms with Crippen molar-refractivity contribution in [2.75, 3.05) is 25.3 Å². The second kappa shape index (κ2) is 9.04. The van der Waals surface area contributed by atoms with Crippen LogP contribution < -0.4 is 14.2 Å². The lowest BCUT2D eigenvalue weighted by atomic mass is 9.91. The van der Waals surface area contributed by atoms with Gasteiger partial charge < -0.3 is 18.9 Å². The van der Waals surface area contributed by atoms with Crippen LogP contribution in [0.4, 0.5) is 0 Å². The molecule has 1 aromatic rings. The van der Waals surface area contributed by atoms with Gasteiger partial charge >= 0.3 is 5.97 Å². The highest BCUT2D eigenvalue weighted by atomic mass is 79.9. The minimum absolute atomic E-state index is 0.212. The standard InChI is InChI=1S/C18H22BrNO8S/c1-11(21)27-15-16(22)18(2,12-8-13(25-3)10-14(9-12)26-4)28-17(15)20-29(23,24)7-5-6-19/h8-10,20H,5-7H2,1-4H3. The van der Waals surface area contributed by atoms with Gasteiger partial charge in [-0.2, -0.15) is 0 Å². The summed E-state index contributed by atoms with van der Waals surface area (Å²) in [4.78, 5) is 24.6. The quantitative estimate of drug-likeness (QED) is 0.411. The molecule has 0 saturated carbocycles. The van der Waals surface area contributed by atoms with E-state index in [0.717, 1.165) is 6.92 Å². The largest absolute Gasteiger partial charge is 0.497 e. The molecule has 0 bridgehead atoms. The van der Waals surface area contributed by atoms with Crippen molar-refractivity contribution in [2.45, 2.75) is 25.9 Å². The molecule has 1 unspecified atom stereocenters. The van der Waals surface area contributed by atoms with Gasteiger partial charge in [0.05, 0.1) is 20.0 Å². The van der Waals surface area contributed by atoms with Crippen molar-refractivity contribution in [3.05, 3.63) is 35.4 Å². The first-order valence-electron chi connectivity index (χ1n) is 8.52. The Hall–Kier alpha value is -2.27. The molecule has 0 fully saturated rings. The summed E-state index contributed by atoms with van der Waals surface area (Å²) >= 11 is 3.16. The van der Waals surface area contributed by atoms with E-state index in [1.54, 1.807) is 18.2 Å². The number of carbonyl (C=O) groups excluding carboxylic acids is 2. The monoisotopic (exact) mass is 491 g/mol. The molecule has 0 radical (unpaired) electrons. The van der Waals surface area contributed by atoms with Gasteiger partial charge in [-0.25, -0.2) is 8.42 Å². The number of alkyl halides is 1. The smallest absolute Gasteiger partial charge is 0.308 e. The highest BCUT2D eigenvalue weighted by molar-refractivity contribution is 9.09. The normalized spacial score (nSPS) is 19.0. The van der Waals surface area contributed by atoms with Crippen LogP contribution in [-0.4, -0.2) is 45.5 Å². The highest BCUT2D eigenvalue weighted by Crippen LogP contribution is 2.41. The zero-order valence-electron chi connectivity index (χ0n) is 16.4. The van der Waals surface area contributed by atoms with Crippen molar-refractivity contribution in [3.63, 3.8) is 0 Å². The van der Waals surface area contributed by atoms with Crippen molar-refractivity contribution in [3.8, 4) is 11.5 Å². The average Bonchev–Trinajstić information content (AvgIpc) is 2.90. The third kappa shape index (κ3) is 5.21. The fraction of sp³-hybridized carbons (Fsp3) is 0.444. The first-order valence-corrected chi connectivity index (χ1v) is 11.3. The van der Waals surface area contributed by atoms with E-state index in [1.807, 2.05) is 0 Å². The van der Waals surface area contributed by atoms with E-state index < -0.39 is 39.0 Å². The van der Waals surface area contributed by atoms with Crippen molar-refractivity contribution in [1.29, 1.82) is 0 Å². The lowest BCUT2D eigenvalue weighted by molar-refractivity contribution is -0.142. The number of esters is 1. The molecule has 0 aliphatic carbocycles. The van der Waals surface area contributed by atoms with Gasteiger partial charge in [-0.1, -0.05) is 15.9 Å². The maximum atomic E-state index is 13.1. The second-order valence-corrected chi connectivity index (χ2v) is 8.92. The SMILES string of the molecule is COc1cc(OC)cc(C2(C)OC(NS(=O)(=O)CCCBr)=C(OC(C)=O)C2=O)c1. The molecule has 0 saturated heterocycles. The number of sulfonamides is 1. The van der Waals surface area contributed by atoms with Crippen LogP contribution in [0.1, 0.15) is 25.8 Å². The van der Waals surface area contributed by atoms with Crippen LogP contribution in [0.2, 0.25) is 0 Å². The number of Topliss-reactive ketones (excluding diaryl/α,β-unsaturated/α-hetero) is 1. The predicted octanol–water partition coefficient (Wildman–Crippen LogP) is 1.95. The molecule has 160 valence electrons. The van der Waals surface area contributed by atoms with Crippen LogP contribution in [0.5, 0.6) is 11.5 Å². The Morgan fingerprint density at radius 3 is 2.28 bits per heavy atom. The van der Waals surface area contributed by atoms with Crippen molar-refractivity contribution < 1.29 is 37.0 Å². The van der Waals surface area contributed by atoms with Crippen molar-refractivity contribution in [1.82, 2.24) is 4.72 Å². The number of ketones is 1. The van der Waals surface area contributed by atoms with Crippen LogP contribution in [0.3, 0.4) is 0 Å². The zero-order chi connectivity index (χ0) is 21.8. The summed E-state index contributed by atoms with van der Waals surface area (Å²) in [6.45, 7) is 2.54. The Kier molecular flexibility index (Phi) is 7.17. The molecule has 1 N–H and O–H groups in total. The molecule has 2 rings (SSSR count).